The number of alkyl carbamates (subject to hydrolysis) is 1. The van der Waals surface area contributed by atoms with Crippen molar-refractivity contribution in [3.05, 3.63) is 76.9 Å². The molecule has 3 aromatic rings. The van der Waals surface area contributed by atoms with E-state index in [4.69, 9.17) is 28.4 Å². The fourth-order valence-corrected chi connectivity index (χ4v) is 5.70. The SMILES string of the molecule is COc1ccc(/C=C\c2cc(OC)c(OC)c(OC)c2)cc1OCc1ccc(CN2CCCCC2C(=O)NCCNC(=O)OC(C)(C)C)cc1. The molecule has 1 saturated heterocycles. The van der Waals surface area contributed by atoms with Gasteiger partial charge in [0, 0.05) is 19.6 Å². The van der Waals surface area contributed by atoms with Gasteiger partial charge in [-0.15, -0.1) is 0 Å². The van der Waals surface area contributed by atoms with Crippen molar-refractivity contribution in [1.29, 1.82) is 0 Å². The third-order valence-corrected chi connectivity index (χ3v) is 8.15. The number of rotatable bonds is 15. The molecule has 11 heteroatoms. The second-order valence-corrected chi connectivity index (χ2v) is 13.0. The fraction of sp³-hybridized carbons (Fsp3) is 0.436. The van der Waals surface area contributed by atoms with Crippen LogP contribution in [0.3, 0.4) is 0 Å². The largest absolute Gasteiger partial charge is 0.493 e. The van der Waals surface area contributed by atoms with Crippen LogP contribution >= 0.6 is 0 Å². The highest BCUT2D eigenvalue weighted by Crippen LogP contribution is 2.39. The number of methoxy groups -OCH3 is 4. The zero-order valence-electron chi connectivity index (χ0n) is 30.3. The Hall–Kier alpha value is -4.90. The molecule has 1 aliphatic heterocycles. The van der Waals surface area contributed by atoms with Crippen LogP contribution in [0, 0.1) is 0 Å². The molecule has 0 aliphatic carbocycles. The van der Waals surface area contributed by atoms with Gasteiger partial charge in [-0.25, -0.2) is 4.79 Å². The first-order valence-electron chi connectivity index (χ1n) is 16.9. The Morgan fingerprint density at radius 1 is 0.760 bits per heavy atom. The molecule has 270 valence electrons. The highest BCUT2D eigenvalue weighted by molar-refractivity contribution is 5.82. The van der Waals surface area contributed by atoms with Crippen molar-refractivity contribution in [2.24, 2.45) is 0 Å². The topological polar surface area (TPSA) is 117 Å². The first-order valence-corrected chi connectivity index (χ1v) is 16.9. The zero-order chi connectivity index (χ0) is 36.1. The number of hydrogen-bond acceptors (Lipinski definition) is 9. The molecule has 1 unspecified atom stereocenters. The van der Waals surface area contributed by atoms with Crippen LogP contribution in [0.1, 0.15) is 62.3 Å². The van der Waals surface area contributed by atoms with Crippen LogP contribution in [0.15, 0.2) is 54.6 Å². The van der Waals surface area contributed by atoms with Crippen molar-refractivity contribution in [3.8, 4) is 28.7 Å². The molecule has 50 heavy (non-hydrogen) atoms. The lowest BCUT2D eigenvalue weighted by atomic mass is 10.00. The van der Waals surface area contributed by atoms with Crippen molar-refractivity contribution >= 4 is 24.2 Å². The van der Waals surface area contributed by atoms with E-state index in [0.717, 1.165) is 48.1 Å². The minimum atomic E-state index is -0.566. The van der Waals surface area contributed by atoms with Crippen LogP contribution in [0.5, 0.6) is 28.7 Å². The molecule has 0 bridgehead atoms. The van der Waals surface area contributed by atoms with Crippen molar-refractivity contribution in [2.75, 3.05) is 48.1 Å². The van der Waals surface area contributed by atoms with Crippen LogP contribution < -0.4 is 34.3 Å². The molecule has 2 N–H and O–H groups in total. The lowest BCUT2D eigenvalue weighted by Crippen LogP contribution is -2.50. The predicted molar refractivity (Wildman–Crippen MR) is 194 cm³/mol. The second kappa shape index (κ2) is 18.2. The molecule has 1 atom stereocenters. The van der Waals surface area contributed by atoms with Gasteiger partial charge in [0.1, 0.15) is 12.2 Å². The fourth-order valence-electron chi connectivity index (χ4n) is 5.70. The average molecular weight is 690 g/mol. The molecule has 0 radical (unpaired) electrons. The Morgan fingerprint density at radius 2 is 1.38 bits per heavy atom. The Morgan fingerprint density at radius 3 is 2.02 bits per heavy atom. The van der Waals surface area contributed by atoms with Crippen molar-refractivity contribution in [2.45, 2.75) is 64.8 Å². The molecule has 3 aromatic carbocycles. The van der Waals surface area contributed by atoms with Crippen LogP contribution in [0.25, 0.3) is 12.2 Å². The lowest BCUT2D eigenvalue weighted by molar-refractivity contribution is -0.127. The molecule has 1 aliphatic rings. The van der Waals surface area contributed by atoms with E-state index in [1.165, 1.54) is 0 Å². The third-order valence-electron chi connectivity index (χ3n) is 8.15. The van der Waals surface area contributed by atoms with Gasteiger partial charge < -0.3 is 39.1 Å². The molecular formula is C39H51N3O8. The summed E-state index contributed by atoms with van der Waals surface area (Å²) in [5.74, 6) is 2.96. The minimum absolute atomic E-state index is 0.0183. The number of carbonyl (C=O) groups is 2. The van der Waals surface area contributed by atoms with Gasteiger partial charge in [0.2, 0.25) is 11.7 Å². The molecule has 0 spiro atoms. The summed E-state index contributed by atoms with van der Waals surface area (Å²) in [5, 5.41) is 5.66. The van der Waals surface area contributed by atoms with E-state index in [1.807, 2.05) is 63.3 Å². The minimum Gasteiger partial charge on any atom is -0.493 e. The number of piperidine rings is 1. The summed E-state index contributed by atoms with van der Waals surface area (Å²) in [7, 11) is 6.39. The van der Waals surface area contributed by atoms with E-state index in [0.29, 0.717) is 55.0 Å². The van der Waals surface area contributed by atoms with Gasteiger partial charge in [-0.1, -0.05) is 48.9 Å². The summed E-state index contributed by atoms with van der Waals surface area (Å²) < 4.78 is 33.4. The Labute approximate surface area is 295 Å². The van der Waals surface area contributed by atoms with Gasteiger partial charge >= 0.3 is 6.09 Å². The van der Waals surface area contributed by atoms with Crippen LogP contribution in [-0.2, 0) is 22.7 Å². The Kier molecular flexibility index (Phi) is 13.8. The number of benzene rings is 3. The predicted octanol–water partition coefficient (Wildman–Crippen LogP) is 6.47. The number of hydrogen-bond donors (Lipinski definition) is 2. The average Bonchev–Trinajstić information content (AvgIpc) is 3.11. The second-order valence-electron chi connectivity index (χ2n) is 13.0. The van der Waals surface area contributed by atoms with Gasteiger partial charge in [0.05, 0.1) is 34.5 Å². The highest BCUT2D eigenvalue weighted by atomic mass is 16.6. The summed E-state index contributed by atoms with van der Waals surface area (Å²) in [6, 6.07) is 17.6. The van der Waals surface area contributed by atoms with E-state index in [2.05, 4.69) is 39.8 Å². The molecule has 0 saturated carbocycles. The molecule has 1 heterocycles. The highest BCUT2D eigenvalue weighted by Gasteiger charge is 2.28. The van der Waals surface area contributed by atoms with Crippen molar-refractivity contribution in [1.82, 2.24) is 15.5 Å². The maximum absolute atomic E-state index is 13.1. The van der Waals surface area contributed by atoms with E-state index in [-0.39, 0.29) is 11.9 Å². The van der Waals surface area contributed by atoms with Gasteiger partial charge in [0.25, 0.3) is 0 Å². The van der Waals surface area contributed by atoms with E-state index in [1.54, 1.807) is 28.4 Å². The van der Waals surface area contributed by atoms with Gasteiger partial charge in [0.15, 0.2) is 23.0 Å². The van der Waals surface area contributed by atoms with Crippen LogP contribution in [0.2, 0.25) is 0 Å². The van der Waals surface area contributed by atoms with E-state index in [9.17, 15) is 9.59 Å². The summed E-state index contributed by atoms with van der Waals surface area (Å²) >= 11 is 0. The Bertz CT molecular complexity index is 1570. The zero-order valence-corrected chi connectivity index (χ0v) is 30.3. The number of nitrogens with one attached hydrogen (secondary N) is 2. The quantitative estimate of drug-likeness (QED) is 0.137. The van der Waals surface area contributed by atoms with E-state index >= 15 is 0 Å². The molecule has 0 aromatic heterocycles. The van der Waals surface area contributed by atoms with Gasteiger partial charge in [-0.3, -0.25) is 9.69 Å². The normalized spacial score (nSPS) is 14.9. The lowest BCUT2D eigenvalue weighted by Gasteiger charge is -2.34. The number of amides is 2. The monoisotopic (exact) mass is 689 g/mol. The maximum atomic E-state index is 13.1. The summed E-state index contributed by atoms with van der Waals surface area (Å²) in [6.07, 6.45) is 6.32. The van der Waals surface area contributed by atoms with Crippen LogP contribution in [-0.4, -0.2) is 76.6 Å². The summed E-state index contributed by atoms with van der Waals surface area (Å²) in [5.41, 5.74) is 3.40. The Balaban J connectivity index is 1.33. The van der Waals surface area contributed by atoms with Crippen molar-refractivity contribution in [3.63, 3.8) is 0 Å². The maximum Gasteiger partial charge on any atom is 0.407 e. The third kappa shape index (κ3) is 11.1. The van der Waals surface area contributed by atoms with Gasteiger partial charge in [-0.2, -0.15) is 0 Å². The first-order chi connectivity index (χ1) is 24.0. The standard InChI is InChI=1S/C39H51N3O8/c1-39(2,3)50-38(44)41-20-19-40-37(43)31-10-8-9-21-42(31)25-28-12-14-29(15-13-28)26-49-33-22-27(17-18-32(33)45-4)11-16-30-23-34(46-5)36(48-7)35(24-30)47-6/h11-18,22-24,31H,8-10,19-21,25-26H2,1-7H3,(H,40,43)(H,41,44)/b16-11-. The summed E-state index contributed by atoms with van der Waals surface area (Å²) in [6.45, 7) is 7.97. The van der Waals surface area contributed by atoms with Crippen molar-refractivity contribution < 1.29 is 38.0 Å². The number of nitrogens with zero attached hydrogens (tertiary/aromatic N) is 1. The molecule has 4 rings (SSSR count). The smallest absolute Gasteiger partial charge is 0.407 e. The molecule has 1 fully saturated rings. The first kappa shape index (κ1) is 37.9. The van der Waals surface area contributed by atoms with Gasteiger partial charge in [-0.05, 0) is 86.7 Å². The van der Waals surface area contributed by atoms with Crippen LogP contribution in [0.4, 0.5) is 4.79 Å². The summed E-state index contributed by atoms with van der Waals surface area (Å²) in [4.78, 5) is 27.2. The number of ether oxygens (including phenoxy) is 6. The molecule has 11 nitrogen and oxygen atoms in total. The number of likely N-dealkylation sites (tertiary alicyclic amines) is 1. The number of carbonyl (C=O) groups excluding carboxylic acids is 2. The van der Waals surface area contributed by atoms with E-state index < -0.39 is 11.7 Å². The molecule has 2 amide bonds. The molecular weight excluding hydrogens is 638 g/mol.